The van der Waals surface area contributed by atoms with Gasteiger partial charge in [-0.3, -0.25) is 9.69 Å². The second-order valence-corrected chi connectivity index (χ2v) is 5.30. The highest BCUT2D eigenvalue weighted by atomic mass is 16.4. The number of nitrogens with zero attached hydrogens (tertiary/aromatic N) is 1. The topological polar surface area (TPSA) is 65.7 Å². The normalized spacial score (nSPS) is 25.1. The van der Waals surface area contributed by atoms with Crippen LogP contribution < -0.4 is 5.32 Å². The van der Waals surface area contributed by atoms with Crippen LogP contribution in [0.5, 0.6) is 0 Å². The Bertz CT molecular complexity index is 391. The lowest BCUT2D eigenvalue weighted by molar-refractivity contribution is -0.137. The van der Waals surface area contributed by atoms with Crippen LogP contribution in [0.3, 0.4) is 0 Å². The lowest BCUT2D eigenvalue weighted by Gasteiger charge is -2.23. The molecule has 106 valence electrons. The highest BCUT2D eigenvalue weighted by Crippen LogP contribution is 2.13. The third-order valence-electron chi connectivity index (χ3n) is 3.54. The van der Waals surface area contributed by atoms with E-state index in [1.165, 1.54) is 0 Å². The van der Waals surface area contributed by atoms with Crippen molar-refractivity contribution in [3.8, 4) is 0 Å². The molecule has 2 heterocycles. The number of furan rings is 1. The quantitative estimate of drug-likeness (QED) is 0.849. The molecule has 0 aromatic carbocycles. The Morgan fingerprint density at radius 2 is 2.47 bits per heavy atom. The molecule has 1 aliphatic heterocycles. The van der Waals surface area contributed by atoms with E-state index in [0.717, 1.165) is 31.8 Å². The molecule has 2 rings (SSSR count). The van der Waals surface area contributed by atoms with Gasteiger partial charge in [-0.05, 0) is 31.9 Å². The van der Waals surface area contributed by atoms with Gasteiger partial charge in [0.05, 0.1) is 12.8 Å². The first-order chi connectivity index (χ1) is 9.13. The highest BCUT2D eigenvalue weighted by molar-refractivity contribution is 5.66. The fourth-order valence-corrected chi connectivity index (χ4v) is 2.56. The molecule has 0 bridgehead atoms. The standard InChI is InChI=1S/C14H22N2O3/c1-11-6-7-16(10-13-3-2-8-19-13)9-12(15-11)4-5-14(17)18/h2-3,8,11-12,15H,4-7,9-10H2,1H3,(H,17,18). The van der Waals surface area contributed by atoms with Crippen LogP contribution in [0, 0.1) is 0 Å². The molecule has 2 N–H and O–H groups in total. The molecule has 0 aliphatic carbocycles. The average molecular weight is 266 g/mol. The van der Waals surface area contributed by atoms with Gasteiger partial charge in [0.25, 0.3) is 0 Å². The summed E-state index contributed by atoms with van der Waals surface area (Å²) in [5, 5.41) is 12.3. The summed E-state index contributed by atoms with van der Waals surface area (Å²) in [7, 11) is 0. The van der Waals surface area contributed by atoms with E-state index in [4.69, 9.17) is 9.52 Å². The third kappa shape index (κ3) is 4.69. The van der Waals surface area contributed by atoms with Crippen LogP contribution in [0.1, 0.15) is 31.9 Å². The summed E-state index contributed by atoms with van der Waals surface area (Å²) in [6.45, 7) is 4.84. The summed E-state index contributed by atoms with van der Waals surface area (Å²) in [5.41, 5.74) is 0. The Kier molecular flexibility index (Phi) is 4.99. The van der Waals surface area contributed by atoms with Crippen molar-refractivity contribution in [3.05, 3.63) is 24.2 Å². The summed E-state index contributed by atoms with van der Waals surface area (Å²) in [4.78, 5) is 13.0. The van der Waals surface area contributed by atoms with Crippen molar-refractivity contribution >= 4 is 5.97 Å². The fourth-order valence-electron chi connectivity index (χ4n) is 2.56. The van der Waals surface area contributed by atoms with Gasteiger partial charge in [-0.2, -0.15) is 0 Å². The van der Waals surface area contributed by atoms with Crippen LogP contribution in [-0.2, 0) is 11.3 Å². The maximum atomic E-state index is 10.7. The monoisotopic (exact) mass is 266 g/mol. The first kappa shape index (κ1) is 14.1. The molecule has 0 saturated carbocycles. The van der Waals surface area contributed by atoms with Crippen LogP contribution >= 0.6 is 0 Å². The van der Waals surface area contributed by atoms with Gasteiger partial charge in [0.15, 0.2) is 0 Å². The van der Waals surface area contributed by atoms with Crippen LogP contribution in [0.25, 0.3) is 0 Å². The molecule has 1 fully saturated rings. The van der Waals surface area contributed by atoms with E-state index in [0.29, 0.717) is 12.5 Å². The molecule has 19 heavy (non-hydrogen) atoms. The minimum atomic E-state index is -0.726. The third-order valence-corrected chi connectivity index (χ3v) is 3.54. The summed E-state index contributed by atoms with van der Waals surface area (Å²) in [6, 6.07) is 4.55. The van der Waals surface area contributed by atoms with Gasteiger partial charge >= 0.3 is 5.97 Å². The van der Waals surface area contributed by atoms with Crippen LogP contribution in [0.2, 0.25) is 0 Å². The SMILES string of the molecule is CC1CCN(Cc2ccco2)CC(CCC(=O)O)N1. The number of nitrogens with one attached hydrogen (secondary N) is 1. The molecule has 2 unspecified atom stereocenters. The van der Waals surface area contributed by atoms with Crippen molar-refractivity contribution in [2.75, 3.05) is 13.1 Å². The second-order valence-electron chi connectivity index (χ2n) is 5.30. The van der Waals surface area contributed by atoms with E-state index >= 15 is 0 Å². The Labute approximate surface area is 113 Å². The van der Waals surface area contributed by atoms with Crippen molar-refractivity contribution in [2.24, 2.45) is 0 Å². The smallest absolute Gasteiger partial charge is 0.303 e. The van der Waals surface area contributed by atoms with E-state index in [9.17, 15) is 4.79 Å². The van der Waals surface area contributed by atoms with Crippen molar-refractivity contribution in [1.29, 1.82) is 0 Å². The molecule has 0 spiro atoms. The van der Waals surface area contributed by atoms with Gasteiger partial charge in [0.1, 0.15) is 5.76 Å². The van der Waals surface area contributed by atoms with Crippen LogP contribution in [0.4, 0.5) is 0 Å². The van der Waals surface area contributed by atoms with Crippen molar-refractivity contribution in [3.63, 3.8) is 0 Å². The Morgan fingerprint density at radius 1 is 1.63 bits per heavy atom. The summed E-state index contributed by atoms with van der Waals surface area (Å²) >= 11 is 0. The number of aliphatic carboxylic acids is 1. The molecule has 5 nitrogen and oxygen atoms in total. The van der Waals surface area contributed by atoms with Crippen molar-refractivity contribution in [2.45, 2.75) is 44.8 Å². The number of hydrogen-bond donors (Lipinski definition) is 2. The van der Waals surface area contributed by atoms with E-state index < -0.39 is 5.97 Å². The Morgan fingerprint density at radius 3 is 3.16 bits per heavy atom. The summed E-state index contributed by atoms with van der Waals surface area (Å²) in [5.74, 6) is 0.239. The highest BCUT2D eigenvalue weighted by Gasteiger charge is 2.22. The van der Waals surface area contributed by atoms with Gasteiger partial charge in [-0.25, -0.2) is 0 Å². The van der Waals surface area contributed by atoms with Crippen LogP contribution in [-0.4, -0.2) is 41.1 Å². The van der Waals surface area contributed by atoms with Crippen molar-refractivity contribution < 1.29 is 14.3 Å². The van der Waals surface area contributed by atoms with Crippen LogP contribution in [0.15, 0.2) is 22.8 Å². The maximum Gasteiger partial charge on any atom is 0.303 e. The van der Waals surface area contributed by atoms with E-state index in [2.05, 4.69) is 17.1 Å². The van der Waals surface area contributed by atoms with Gasteiger partial charge in [-0.1, -0.05) is 0 Å². The number of hydrogen-bond acceptors (Lipinski definition) is 4. The van der Waals surface area contributed by atoms with Gasteiger partial charge in [0, 0.05) is 31.6 Å². The molecule has 1 aromatic rings. The van der Waals surface area contributed by atoms with Gasteiger partial charge < -0.3 is 14.8 Å². The number of rotatable bonds is 5. The predicted octanol–water partition coefficient (Wildman–Crippen LogP) is 1.70. The Balaban J connectivity index is 1.90. The minimum Gasteiger partial charge on any atom is -0.481 e. The average Bonchev–Trinajstić information content (AvgIpc) is 2.79. The zero-order valence-electron chi connectivity index (χ0n) is 11.3. The second kappa shape index (κ2) is 6.73. The molecule has 2 atom stereocenters. The number of carboxylic acids is 1. The lowest BCUT2D eigenvalue weighted by Crippen LogP contribution is -2.40. The molecular formula is C14H22N2O3. The zero-order valence-corrected chi connectivity index (χ0v) is 11.3. The number of carboxylic acid groups (broad SMARTS) is 1. The Hall–Kier alpha value is -1.33. The lowest BCUT2D eigenvalue weighted by atomic mass is 10.1. The fraction of sp³-hybridized carbons (Fsp3) is 0.643. The molecule has 0 amide bonds. The molecule has 1 aliphatic rings. The first-order valence-corrected chi connectivity index (χ1v) is 6.86. The molecular weight excluding hydrogens is 244 g/mol. The summed E-state index contributed by atoms with van der Waals surface area (Å²) < 4.78 is 5.38. The summed E-state index contributed by atoms with van der Waals surface area (Å²) in [6.07, 6.45) is 3.66. The molecule has 1 aromatic heterocycles. The number of carbonyl (C=O) groups is 1. The van der Waals surface area contributed by atoms with E-state index in [1.54, 1.807) is 6.26 Å². The maximum absolute atomic E-state index is 10.7. The van der Waals surface area contributed by atoms with E-state index in [1.807, 2.05) is 12.1 Å². The van der Waals surface area contributed by atoms with E-state index in [-0.39, 0.29) is 12.5 Å². The molecule has 0 radical (unpaired) electrons. The molecule has 1 saturated heterocycles. The first-order valence-electron chi connectivity index (χ1n) is 6.86. The molecule has 5 heteroatoms. The van der Waals surface area contributed by atoms with Gasteiger partial charge in [-0.15, -0.1) is 0 Å². The predicted molar refractivity (Wildman–Crippen MR) is 71.9 cm³/mol. The van der Waals surface area contributed by atoms with Gasteiger partial charge in [0.2, 0.25) is 0 Å². The minimum absolute atomic E-state index is 0.221. The zero-order chi connectivity index (χ0) is 13.7. The van der Waals surface area contributed by atoms with Crippen molar-refractivity contribution in [1.82, 2.24) is 10.2 Å². The largest absolute Gasteiger partial charge is 0.481 e.